The summed E-state index contributed by atoms with van der Waals surface area (Å²) in [6.07, 6.45) is 5.09. The summed E-state index contributed by atoms with van der Waals surface area (Å²) in [4.78, 5) is 5.95. The topological polar surface area (TPSA) is 46.2 Å². The highest BCUT2D eigenvalue weighted by Crippen LogP contribution is 2.29. The summed E-state index contributed by atoms with van der Waals surface area (Å²) >= 11 is 1.84. The van der Waals surface area contributed by atoms with Gasteiger partial charge in [0, 0.05) is 30.1 Å². The summed E-state index contributed by atoms with van der Waals surface area (Å²) in [5, 5.41) is 8.62. The van der Waals surface area contributed by atoms with Gasteiger partial charge in [0.1, 0.15) is 0 Å². The largest absolute Gasteiger partial charge is 0.379 e. The van der Waals surface area contributed by atoms with Crippen LogP contribution in [-0.2, 0) is 11.2 Å². The van der Waals surface area contributed by atoms with Gasteiger partial charge >= 0.3 is 0 Å². The molecular weight excluding hydrogens is 282 g/mol. The van der Waals surface area contributed by atoms with Crippen LogP contribution in [0.5, 0.6) is 0 Å². The number of morpholine rings is 1. The first-order valence-corrected chi connectivity index (χ1v) is 9.03. The van der Waals surface area contributed by atoms with Crippen LogP contribution in [0.4, 0.5) is 0 Å². The molecule has 1 aromatic rings. The highest BCUT2D eigenvalue weighted by molar-refractivity contribution is 7.11. The molecule has 0 amide bonds. The van der Waals surface area contributed by atoms with Gasteiger partial charge in [-0.1, -0.05) is 6.42 Å². The fourth-order valence-electron chi connectivity index (χ4n) is 3.76. The number of hydrogen-bond donors (Lipinski definition) is 2. The van der Waals surface area contributed by atoms with Crippen molar-refractivity contribution in [2.24, 2.45) is 5.92 Å². The number of nitrogens with zero attached hydrogens (tertiary/aromatic N) is 1. The summed E-state index contributed by atoms with van der Waals surface area (Å²) in [5.74, 6) is 0.731. The van der Waals surface area contributed by atoms with Gasteiger partial charge in [-0.15, -0.1) is 11.3 Å². The van der Waals surface area contributed by atoms with Crippen molar-refractivity contribution >= 4 is 11.3 Å². The average Bonchev–Trinajstić information content (AvgIpc) is 3.07. The molecule has 5 heteroatoms. The van der Waals surface area contributed by atoms with E-state index in [0.717, 1.165) is 38.6 Å². The Kier molecular flexibility index (Phi) is 5.27. The molecule has 118 valence electrons. The molecule has 4 nitrogen and oxygen atoms in total. The molecule has 1 saturated carbocycles. The van der Waals surface area contributed by atoms with Crippen molar-refractivity contribution in [1.29, 1.82) is 0 Å². The van der Waals surface area contributed by atoms with Crippen molar-refractivity contribution in [3.05, 3.63) is 15.6 Å². The van der Waals surface area contributed by atoms with Gasteiger partial charge in [-0.2, -0.15) is 0 Å². The fraction of sp³-hybridized carbons (Fsp3) is 0.812. The van der Waals surface area contributed by atoms with Crippen LogP contribution in [0.15, 0.2) is 0 Å². The minimum absolute atomic E-state index is 0.547. The Morgan fingerprint density at radius 3 is 3.00 bits per heavy atom. The molecule has 0 bridgehead atoms. The Morgan fingerprint density at radius 1 is 1.38 bits per heavy atom. The van der Waals surface area contributed by atoms with E-state index >= 15 is 0 Å². The molecule has 1 saturated heterocycles. The van der Waals surface area contributed by atoms with Gasteiger partial charge in [-0.05, 0) is 39.0 Å². The van der Waals surface area contributed by atoms with Crippen LogP contribution in [0.3, 0.4) is 0 Å². The third-order valence-corrected chi connectivity index (χ3v) is 5.93. The zero-order valence-electron chi connectivity index (χ0n) is 13.2. The van der Waals surface area contributed by atoms with E-state index < -0.39 is 0 Å². The summed E-state index contributed by atoms with van der Waals surface area (Å²) in [6.45, 7) is 8.04. The molecule has 2 heterocycles. The number of thiazole rings is 1. The number of hydrogen-bond acceptors (Lipinski definition) is 5. The normalized spacial score (nSPS) is 29.9. The molecule has 3 atom stereocenters. The monoisotopic (exact) mass is 309 g/mol. The second-order valence-electron chi connectivity index (χ2n) is 6.28. The minimum Gasteiger partial charge on any atom is -0.379 e. The van der Waals surface area contributed by atoms with Crippen LogP contribution in [0.2, 0.25) is 0 Å². The molecule has 0 spiro atoms. The van der Waals surface area contributed by atoms with Crippen molar-refractivity contribution in [1.82, 2.24) is 15.6 Å². The Balaban J connectivity index is 1.48. The smallest absolute Gasteiger partial charge is 0.0900 e. The Morgan fingerprint density at radius 2 is 2.29 bits per heavy atom. The van der Waals surface area contributed by atoms with Gasteiger partial charge in [-0.25, -0.2) is 4.98 Å². The quantitative estimate of drug-likeness (QED) is 0.874. The molecule has 3 rings (SSSR count). The molecule has 21 heavy (non-hydrogen) atoms. The van der Waals surface area contributed by atoms with E-state index in [1.165, 1.54) is 34.8 Å². The predicted octanol–water partition coefficient (Wildman–Crippen LogP) is 2.05. The van der Waals surface area contributed by atoms with Crippen molar-refractivity contribution in [3.8, 4) is 0 Å². The van der Waals surface area contributed by atoms with Gasteiger partial charge in [0.25, 0.3) is 0 Å². The number of nitrogens with one attached hydrogen (secondary N) is 2. The Bertz CT molecular complexity index is 456. The SMILES string of the molecule is Cc1nc(C)c(CCNC2CCCC2C2COCCN2)s1. The standard InChI is InChI=1S/C16H27N3OS/c1-11-16(21-12(2)19-11)6-7-17-14-5-3-4-13(14)15-10-20-9-8-18-15/h13-15,17-18H,3-10H2,1-2H3. The third-order valence-electron chi connectivity index (χ3n) is 4.79. The van der Waals surface area contributed by atoms with E-state index in [1.807, 2.05) is 11.3 Å². The number of ether oxygens (including phenoxy) is 1. The Hall–Kier alpha value is -0.490. The summed E-state index contributed by atoms with van der Waals surface area (Å²) < 4.78 is 5.64. The summed E-state index contributed by atoms with van der Waals surface area (Å²) in [6, 6.07) is 1.20. The van der Waals surface area contributed by atoms with Crippen LogP contribution >= 0.6 is 11.3 Å². The number of rotatable bonds is 5. The summed E-state index contributed by atoms with van der Waals surface area (Å²) in [5.41, 5.74) is 1.21. The number of aryl methyl sites for hydroxylation is 2. The number of aromatic nitrogens is 1. The molecule has 1 aromatic heterocycles. The van der Waals surface area contributed by atoms with Crippen molar-refractivity contribution in [3.63, 3.8) is 0 Å². The Labute approximate surface area is 131 Å². The van der Waals surface area contributed by atoms with E-state index in [-0.39, 0.29) is 0 Å². The van der Waals surface area contributed by atoms with Gasteiger partial charge in [0.15, 0.2) is 0 Å². The van der Waals surface area contributed by atoms with Crippen molar-refractivity contribution < 1.29 is 4.74 Å². The summed E-state index contributed by atoms with van der Waals surface area (Å²) in [7, 11) is 0. The van der Waals surface area contributed by atoms with Crippen molar-refractivity contribution in [2.45, 2.75) is 51.6 Å². The van der Waals surface area contributed by atoms with Gasteiger partial charge in [0.05, 0.1) is 23.9 Å². The molecule has 0 aromatic carbocycles. The molecule has 1 aliphatic carbocycles. The van der Waals surface area contributed by atoms with Crippen LogP contribution in [0.1, 0.15) is 34.8 Å². The second-order valence-corrected chi connectivity index (χ2v) is 7.57. The maximum atomic E-state index is 5.64. The van der Waals surface area contributed by atoms with E-state index in [0.29, 0.717) is 12.1 Å². The maximum absolute atomic E-state index is 5.64. The van der Waals surface area contributed by atoms with Gasteiger partial charge in [0.2, 0.25) is 0 Å². The van der Waals surface area contributed by atoms with E-state index in [9.17, 15) is 0 Å². The molecule has 1 aliphatic heterocycles. The van der Waals surface area contributed by atoms with Crippen LogP contribution in [-0.4, -0.2) is 43.4 Å². The lowest BCUT2D eigenvalue weighted by atomic mass is 9.94. The first kappa shape index (κ1) is 15.4. The second kappa shape index (κ2) is 7.18. The first-order valence-electron chi connectivity index (χ1n) is 8.21. The van der Waals surface area contributed by atoms with Crippen LogP contribution in [0, 0.1) is 19.8 Å². The zero-order valence-corrected chi connectivity index (χ0v) is 14.0. The molecule has 2 aliphatic rings. The highest BCUT2D eigenvalue weighted by atomic mass is 32.1. The van der Waals surface area contributed by atoms with Gasteiger partial charge < -0.3 is 15.4 Å². The molecule has 2 fully saturated rings. The third kappa shape index (κ3) is 3.83. The lowest BCUT2D eigenvalue weighted by molar-refractivity contribution is 0.0526. The molecule has 0 radical (unpaired) electrons. The lowest BCUT2D eigenvalue weighted by Crippen LogP contribution is -2.51. The molecule has 2 N–H and O–H groups in total. The first-order chi connectivity index (χ1) is 10.2. The average molecular weight is 309 g/mol. The van der Waals surface area contributed by atoms with Crippen molar-refractivity contribution in [2.75, 3.05) is 26.3 Å². The van der Waals surface area contributed by atoms with Crippen LogP contribution in [0.25, 0.3) is 0 Å². The van der Waals surface area contributed by atoms with E-state index in [1.54, 1.807) is 0 Å². The maximum Gasteiger partial charge on any atom is 0.0900 e. The predicted molar refractivity (Wildman–Crippen MR) is 87.0 cm³/mol. The lowest BCUT2D eigenvalue weighted by Gasteiger charge is -2.33. The van der Waals surface area contributed by atoms with Gasteiger partial charge in [-0.3, -0.25) is 0 Å². The van der Waals surface area contributed by atoms with Crippen LogP contribution < -0.4 is 10.6 Å². The van der Waals surface area contributed by atoms with E-state index in [4.69, 9.17) is 4.74 Å². The molecular formula is C16H27N3OS. The zero-order chi connectivity index (χ0) is 14.7. The fourth-order valence-corrected chi connectivity index (χ4v) is 4.70. The molecule has 3 unspecified atom stereocenters. The van der Waals surface area contributed by atoms with E-state index in [2.05, 4.69) is 29.5 Å². The highest BCUT2D eigenvalue weighted by Gasteiger charge is 2.34. The minimum atomic E-state index is 0.547.